The van der Waals surface area contributed by atoms with Gasteiger partial charge in [0, 0.05) is 13.1 Å². The normalized spacial score (nSPS) is 11.1. The Morgan fingerprint density at radius 2 is 1.93 bits per heavy atom. The summed E-state index contributed by atoms with van der Waals surface area (Å²) < 4.78 is 36.4. The van der Waals surface area contributed by atoms with Crippen LogP contribution in [-0.4, -0.2) is 38.9 Å². The van der Waals surface area contributed by atoms with Crippen LogP contribution in [0.15, 0.2) is 47.4 Å². The number of hydrogen-bond acceptors (Lipinski definition) is 6. The molecule has 142 valence electrons. The zero-order chi connectivity index (χ0) is 20.0. The lowest BCUT2D eigenvalue weighted by Crippen LogP contribution is -2.34. The SMILES string of the molecule is CCOc1cc(C#N)cc(Cl)c1OC(=O)CN(C)S(=O)(=O)c1ccccc1. The van der Waals surface area contributed by atoms with Crippen molar-refractivity contribution in [1.82, 2.24) is 4.31 Å². The van der Waals surface area contributed by atoms with Crippen molar-refractivity contribution in [3.63, 3.8) is 0 Å². The molecule has 0 fully saturated rings. The average molecular weight is 409 g/mol. The topological polar surface area (TPSA) is 96.7 Å². The van der Waals surface area contributed by atoms with Crippen molar-refractivity contribution < 1.29 is 22.7 Å². The monoisotopic (exact) mass is 408 g/mol. The summed E-state index contributed by atoms with van der Waals surface area (Å²) >= 11 is 6.08. The summed E-state index contributed by atoms with van der Waals surface area (Å²) in [7, 11) is -2.57. The van der Waals surface area contributed by atoms with Crippen LogP contribution in [0.3, 0.4) is 0 Å². The van der Waals surface area contributed by atoms with E-state index in [1.807, 2.05) is 6.07 Å². The van der Waals surface area contributed by atoms with Crippen LogP contribution in [-0.2, 0) is 14.8 Å². The van der Waals surface area contributed by atoms with Gasteiger partial charge in [-0.1, -0.05) is 29.8 Å². The number of rotatable bonds is 7. The lowest BCUT2D eigenvalue weighted by molar-refractivity contribution is -0.134. The van der Waals surface area contributed by atoms with E-state index in [1.165, 1.54) is 31.3 Å². The first kappa shape index (κ1) is 20.7. The van der Waals surface area contributed by atoms with Crippen LogP contribution in [0.4, 0.5) is 0 Å². The van der Waals surface area contributed by atoms with Crippen molar-refractivity contribution in [2.24, 2.45) is 0 Å². The highest BCUT2D eigenvalue weighted by atomic mass is 35.5. The van der Waals surface area contributed by atoms with Gasteiger partial charge in [0.2, 0.25) is 10.0 Å². The third kappa shape index (κ3) is 4.98. The van der Waals surface area contributed by atoms with Crippen molar-refractivity contribution in [2.75, 3.05) is 20.2 Å². The summed E-state index contributed by atoms with van der Waals surface area (Å²) in [5.41, 5.74) is 0.243. The largest absolute Gasteiger partial charge is 0.490 e. The van der Waals surface area contributed by atoms with Gasteiger partial charge in [-0.05, 0) is 25.1 Å². The van der Waals surface area contributed by atoms with Gasteiger partial charge < -0.3 is 9.47 Å². The molecule has 0 saturated heterocycles. The van der Waals surface area contributed by atoms with Crippen LogP contribution in [0.1, 0.15) is 12.5 Å². The first-order valence-corrected chi connectivity index (χ1v) is 9.70. The van der Waals surface area contributed by atoms with E-state index in [9.17, 15) is 13.2 Å². The highest BCUT2D eigenvalue weighted by Crippen LogP contribution is 2.36. The number of halogens is 1. The zero-order valence-electron chi connectivity index (χ0n) is 14.7. The summed E-state index contributed by atoms with van der Waals surface area (Å²) in [6.07, 6.45) is 0. The van der Waals surface area contributed by atoms with Crippen molar-refractivity contribution in [3.8, 4) is 17.6 Å². The Hall–Kier alpha value is -2.60. The average Bonchev–Trinajstić information content (AvgIpc) is 2.65. The Bertz CT molecular complexity index is 971. The lowest BCUT2D eigenvalue weighted by atomic mass is 10.2. The smallest absolute Gasteiger partial charge is 0.326 e. The van der Waals surface area contributed by atoms with Crippen molar-refractivity contribution >= 4 is 27.6 Å². The minimum Gasteiger partial charge on any atom is -0.490 e. The number of esters is 1. The quantitative estimate of drug-likeness (QED) is 0.516. The molecule has 2 aromatic rings. The molecule has 2 rings (SSSR count). The van der Waals surface area contributed by atoms with E-state index in [1.54, 1.807) is 25.1 Å². The number of nitriles is 1. The summed E-state index contributed by atoms with van der Waals surface area (Å²) in [6.45, 7) is 1.45. The van der Waals surface area contributed by atoms with E-state index < -0.39 is 22.5 Å². The van der Waals surface area contributed by atoms with Gasteiger partial charge in [0.1, 0.15) is 6.54 Å². The van der Waals surface area contributed by atoms with Crippen LogP contribution < -0.4 is 9.47 Å². The van der Waals surface area contributed by atoms with Gasteiger partial charge in [-0.2, -0.15) is 9.57 Å². The standard InChI is InChI=1S/C18H17ClN2O5S/c1-3-25-16-10-13(11-20)9-15(19)18(16)26-17(22)12-21(2)27(23,24)14-7-5-4-6-8-14/h4-10H,3,12H2,1-2H3. The van der Waals surface area contributed by atoms with Gasteiger partial charge in [0.15, 0.2) is 11.5 Å². The van der Waals surface area contributed by atoms with E-state index >= 15 is 0 Å². The van der Waals surface area contributed by atoms with E-state index in [4.69, 9.17) is 26.3 Å². The molecule has 0 bridgehead atoms. The molecule has 0 aromatic heterocycles. The Balaban J connectivity index is 2.20. The lowest BCUT2D eigenvalue weighted by Gasteiger charge is -2.17. The first-order valence-electron chi connectivity index (χ1n) is 7.88. The number of carbonyl (C=O) groups excluding carboxylic acids is 1. The molecule has 0 aliphatic carbocycles. The maximum atomic E-state index is 12.5. The first-order chi connectivity index (χ1) is 12.8. The summed E-state index contributed by atoms with van der Waals surface area (Å²) in [5.74, 6) is -0.777. The molecule has 0 heterocycles. The van der Waals surface area contributed by atoms with Crippen molar-refractivity contribution in [3.05, 3.63) is 53.1 Å². The number of ether oxygens (including phenoxy) is 2. The van der Waals surface area contributed by atoms with Crippen molar-refractivity contribution in [2.45, 2.75) is 11.8 Å². The maximum absolute atomic E-state index is 12.5. The maximum Gasteiger partial charge on any atom is 0.326 e. The van der Waals surface area contributed by atoms with Crippen LogP contribution in [0.25, 0.3) is 0 Å². The van der Waals surface area contributed by atoms with E-state index in [-0.39, 0.29) is 33.6 Å². The molecule has 0 radical (unpaired) electrons. The fourth-order valence-electron chi connectivity index (χ4n) is 2.18. The predicted molar refractivity (Wildman–Crippen MR) is 99.2 cm³/mol. The fourth-order valence-corrected chi connectivity index (χ4v) is 3.57. The molecule has 0 aliphatic heterocycles. The number of hydrogen-bond donors (Lipinski definition) is 0. The molecule has 0 saturated carbocycles. The van der Waals surface area contributed by atoms with E-state index in [0.29, 0.717) is 0 Å². The Morgan fingerprint density at radius 3 is 2.52 bits per heavy atom. The van der Waals surface area contributed by atoms with E-state index in [2.05, 4.69) is 0 Å². The summed E-state index contributed by atoms with van der Waals surface area (Å²) in [5, 5.41) is 9.01. The number of likely N-dealkylation sites (N-methyl/N-ethyl adjacent to an activating group) is 1. The van der Waals surface area contributed by atoms with Gasteiger partial charge in [-0.3, -0.25) is 4.79 Å². The number of sulfonamides is 1. The molecule has 27 heavy (non-hydrogen) atoms. The third-order valence-electron chi connectivity index (χ3n) is 3.46. The highest BCUT2D eigenvalue weighted by Gasteiger charge is 2.25. The van der Waals surface area contributed by atoms with Gasteiger partial charge in [-0.25, -0.2) is 8.42 Å². The molecule has 0 unspecified atom stereocenters. The van der Waals surface area contributed by atoms with Crippen LogP contribution in [0.2, 0.25) is 5.02 Å². The molecule has 0 spiro atoms. The van der Waals surface area contributed by atoms with Crippen molar-refractivity contribution in [1.29, 1.82) is 5.26 Å². The van der Waals surface area contributed by atoms with Gasteiger partial charge in [0.25, 0.3) is 0 Å². The molecular formula is C18H17ClN2O5S. The number of benzene rings is 2. The predicted octanol–water partition coefficient (Wildman–Crippen LogP) is 2.84. The van der Waals surface area contributed by atoms with Crippen LogP contribution in [0, 0.1) is 11.3 Å². The molecule has 0 aliphatic rings. The Kier molecular flexibility index (Phi) is 6.80. The molecule has 2 aromatic carbocycles. The summed E-state index contributed by atoms with van der Waals surface area (Å²) in [6, 6.07) is 12.4. The van der Waals surface area contributed by atoms with Gasteiger partial charge in [0.05, 0.1) is 28.2 Å². The molecule has 9 heteroatoms. The van der Waals surface area contributed by atoms with Gasteiger partial charge >= 0.3 is 5.97 Å². The highest BCUT2D eigenvalue weighted by molar-refractivity contribution is 7.89. The summed E-state index contributed by atoms with van der Waals surface area (Å²) in [4.78, 5) is 12.3. The molecule has 0 amide bonds. The molecule has 0 N–H and O–H groups in total. The van der Waals surface area contributed by atoms with Crippen LogP contribution in [0.5, 0.6) is 11.5 Å². The third-order valence-corrected chi connectivity index (χ3v) is 5.56. The Labute approximate surface area is 162 Å². The number of carbonyl (C=O) groups is 1. The second kappa shape index (κ2) is 8.86. The second-order valence-electron chi connectivity index (χ2n) is 5.38. The van der Waals surface area contributed by atoms with Crippen LogP contribution >= 0.6 is 11.6 Å². The minimum atomic E-state index is -3.84. The molecule has 0 atom stereocenters. The van der Waals surface area contributed by atoms with Gasteiger partial charge in [-0.15, -0.1) is 0 Å². The zero-order valence-corrected chi connectivity index (χ0v) is 16.2. The molecule has 7 nitrogen and oxygen atoms in total. The van der Waals surface area contributed by atoms with E-state index in [0.717, 1.165) is 4.31 Å². The fraction of sp³-hybridized carbons (Fsp3) is 0.222. The molecular weight excluding hydrogens is 392 g/mol. The second-order valence-corrected chi connectivity index (χ2v) is 7.83. The minimum absolute atomic E-state index is 0.0134. The number of nitrogens with zero attached hydrogens (tertiary/aromatic N) is 2. The Morgan fingerprint density at radius 1 is 1.26 bits per heavy atom.